The van der Waals surface area contributed by atoms with Crippen LogP contribution in [0.1, 0.15) is 28.4 Å². The fourth-order valence-electron chi connectivity index (χ4n) is 2.91. The molecule has 0 aliphatic heterocycles. The molecule has 150 valence electrons. The zero-order valence-corrected chi connectivity index (χ0v) is 17.6. The Morgan fingerprint density at radius 1 is 1.00 bits per heavy atom. The molecule has 3 aromatic rings. The molecule has 0 spiro atoms. The summed E-state index contributed by atoms with van der Waals surface area (Å²) in [6, 6.07) is 18.6. The molecule has 0 bridgehead atoms. The Kier molecular flexibility index (Phi) is 6.25. The van der Waals surface area contributed by atoms with Crippen molar-refractivity contribution >= 4 is 38.9 Å². The number of carbonyl (C=O) groups excluding carboxylic acids is 1. The second-order valence-corrected chi connectivity index (χ2v) is 8.64. The van der Waals surface area contributed by atoms with E-state index in [9.17, 15) is 13.2 Å². The van der Waals surface area contributed by atoms with Crippen molar-refractivity contribution in [2.24, 2.45) is 0 Å². The van der Waals surface area contributed by atoms with Crippen molar-refractivity contribution in [3.8, 4) is 0 Å². The third-order valence-corrected chi connectivity index (χ3v) is 6.26. The van der Waals surface area contributed by atoms with Crippen LogP contribution in [0.15, 0.2) is 71.6 Å². The van der Waals surface area contributed by atoms with Gasteiger partial charge in [-0.25, -0.2) is 8.42 Å². The predicted octanol–water partition coefficient (Wildman–Crippen LogP) is 5.26. The number of sulfonamides is 1. The van der Waals surface area contributed by atoms with E-state index in [2.05, 4.69) is 10.0 Å². The van der Waals surface area contributed by atoms with Gasteiger partial charge in [0.1, 0.15) is 4.90 Å². The number of hydrogen-bond donors (Lipinski definition) is 2. The molecule has 0 saturated heterocycles. The minimum atomic E-state index is -3.96. The fourth-order valence-corrected chi connectivity index (χ4v) is 4.49. The molecule has 3 rings (SSSR count). The van der Waals surface area contributed by atoms with E-state index in [1.54, 1.807) is 18.2 Å². The summed E-state index contributed by atoms with van der Waals surface area (Å²) in [6.45, 7) is 3.86. The smallest absolute Gasteiger partial charge is 0.263 e. The summed E-state index contributed by atoms with van der Waals surface area (Å²) in [4.78, 5) is 12.6. The van der Waals surface area contributed by atoms with Crippen LogP contribution >= 0.6 is 11.6 Å². The van der Waals surface area contributed by atoms with Gasteiger partial charge in [0.2, 0.25) is 0 Å². The fraction of sp³-hybridized carbons (Fsp3) is 0.136. The molecule has 2 N–H and O–H groups in total. The summed E-state index contributed by atoms with van der Waals surface area (Å²) in [5.74, 6) is -0.408. The van der Waals surface area contributed by atoms with E-state index < -0.39 is 15.9 Å². The molecule has 0 aliphatic rings. The van der Waals surface area contributed by atoms with Gasteiger partial charge >= 0.3 is 0 Å². The van der Waals surface area contributed by atoms with Crippen LogP contribution in [-0.2, 0) is 16.4 Å². The SMILES string of the molecule is CCc1ccccc1NC(=O)c1ccc(Cl)c(S(=O)(=O)Nc2cccc(C)c2)c1. The Morgan fingerprint density at radius 3 is 2.48 bits per heavy atom. The van der Waals surface area contributed by atoms with Crippen LogP contribution in [-0.4, -0.2) is 14.3 Å². The van der Waals surface area contributed by atoms with Gasteiger partial charge in [-0.3, -0.25) is 9.52 Å². The van der Waals surface area contributed by atoms with E-state index in [0.717, 1.165) is 17.5 Å². The molecule has 7 heteroatoms. The van der Waals surface area contributed by atoms with Crippen molar-refractivity contribution in [2.75, 3.05) is 10.0 Å². The summed E-state index contributed by atoms with van der Waals surface area (Å²) in [5.41, 5.74) is 3.22. The van der Waals surface area contributed by atoms with Crippen molar-refractivity contribution in [2.45, 2.75) is 25.2 Å². The molecule has 0 aromatic heterocycles. The van der Waals surface area contributed by atoms with E-state index in [1.165, 1.54) is 18.2 Å². The van der Waals surface area contributed by atoms with Gasteiger partial charge in [0.05, 0.1) is 5.02 Å². The number of rotatable bonds is 6. The van der Waals surface area contributed by atoms with Crippen LogP contribution in [0, 0.1) is 6.92 Å². The van der Waals surface area contributed by atoms with Crippen LogP contribution in [0.5, 0.6) is 0 Å². The Balaban J connectivity index is 1.90. The van der Waals surface area contributed by atoms with Gasteiger partial charge in [-0.2, -0.15) is 0 Å². The number of halogens is 1. The van der Waals surface area contributed by atoms with Gasteiger partial charge in [-0.05, 0) is 60.9 Å². The molecule has 5 nitrogen and oxygen atoms in total. The predicted molar refractivity (Wildman–Crippen MR) is 117 cm³/mol. The maximum Gasteiger partial charge on any atom is 0.263 e. The molecule has 1 amide bonds. The largest absolute Gasteiger partial charge is 0.322 e. The van der Waals surface area contributed by atoms with Gasteiger partial charge < -0.3 is 5.32 Å². The van der Waals surface area contributed by atoms with E-state index in [1.807, 2.05) is 44.2 Å². The van der Waals surface area contributed by atoms with Crippen LogP contribution in [0.4, 0.5) is 11.4 Å². The van der Waals surface area contributed by atoms with Crippen molar-refractivity contribution in [3.63, 3.8) is 0 Å². The molecular formula is C22H21ClN2O3S. The van der Waals surface area contributed by atoms with E-state index in [-0.39, 0.29) is 15.5 Å². The first-order valence-electron chi connectivity index (χ1n) is 9.08. The zero-order valence-electron chi connectivity index (χ0n) is 16.1. The molecule has 29 heavy (non-hydrogen) atoms. The highest BCUT2D eigenvalue weighted by molar-refractivity contribution is 7.92. The maximum atomic E-state index is 12.8. The Hall–Kier alpha value is -2.83. The summed E-state index contributed by atoms with van der Waals surface area (Å²) in [6.07, 6.45) is 0.761. The number of hydrogen-bond acceptors (Lipinski definition) is 3. The van der Waals surface area contributed by atoms with Gasteiger partial charge in [0.25, 0.3) is 15.9 Å². The molecule has 3 aromatic carbocycles. The summed E-state index contributed by atoms with van der Waals surface area (Å²) >= 11 is 6.14. The third kappa shape index (κ3) is 4.96. The monoisotopic (exact) mass is 428 g/mol. The Morgan fingerprint density at radius 2 is 1.76 bits per heavy atom. The first kappa shape index (κ1) is 20.9. The molecule has 0 saturated carbocycles. The second kappa shape index (κ2) is 8.68. The van der Waals surface area contributed by atoms with Crippen molar-refractivity contribution < 1.29 is 13.2 Å². The topological polar surface area (TPSA) is 75.3 Å². The number of benzene rings is 3. The van der Waals surface area contributed by atoms with Crippen LogP contribution in [0.3, 0.4) is 0 Å². The first-order chi connectivity index (χ1) is 13.8. The minimum Gasteiger partial charge on any atom is -0.322 e. The Bertz CT molecular complexity index is 1160. The van der Waals surface area contributed by atoms with Crippen molar-refractivity contribution in [3.05, 3.63) is 88.4 Å². The number of amides is 1. The molecule has 0 fully saturated rings. The third-order valence-electron chi connectivity index (χ3n) is 4.40. The van der Waals surface area contributed by atoms with Gasteiger partial charge in [-0.1, -0.05) is 48.9 Å². The standard InChI is InChI=1S/C22H21ClN2O3S/c1-3-16-8-4-5-10-20(16)24-22(26)17-11-12-19(23)21(14-17)29(27,28)25-18-9-6-7-15(2)13-18/h4-14,25H,3H2,1-2H3,(H,24,26). The van der Waals surface area contributed by atoms with Crippen molar-refractivity contribution in [1.29, 1.82) is 0 Å². The average molecular weight is 429 g/mol. The Labute approximate surface area is 175 Å². The summed E-state index contributed by atoms with van der Waals surface area (Å²) in [5, 5.41) is 2.87. The molecule has 0 atom stereocenters. The highest BCUT2D eigenvalue weighted by atomic mass is 35.5. The van der Waals surface area contributed by atoms with Crippen LogP contribution < -0.4 is 10.0 Å². The number of carbonyl (C=O) groups is 1. The molecular weight excluding hydrogens is 408 g/mol. The lowest BCUT2D eigenvalue weighted by molar-refractivity contribution is 0.102. The molecule has 0 heterocycles. The highest BCUT2D eigenvalue weighted by Gasteiger charge is 2.21. The van der Waals surface area contributed by atoms with Crippen molar-refractivity contribution in [1.82, 2.24) is 0 Å². The quantitative estimate of drug-likeness (QED) is 0.562. The number of para-hydroxylation sites is 1. The minimum absolute atomic E-state index is 0.0376. The van der Waals surface area contributed by atoms with Gasteiger partial charge in [-0.15, -0.1) is 0 Å². The lowest BCUT2D eigenvalue weighted by Crippen LogP contribution is -2.17. The molecule has 0 unspecified atom stereocenters. The van der Waals surface area contributed by atoms with E-state index >= 15 is 0 Å². The highest BCUT2D eigenvalue weighted by Crippen LogP contribution is 2.26. The second-order valence-electron chi connectivity index (χ2n) is 6.59. The first-order valence-corrected chi connectivity index (χ1v) is 10.9. The van der Waals surface area contributed by atoms with Gasteiger partial charge in [0, 0.05) is 16.9 Å². The van der Waals surface area contributed by atoms with Crippen LogP contribution in [0.25, 0.3) is 0 Å². The van der Waals surface area contributed by atoms with E-state index in [4.69, 9.17) is 11.6 Å². The maximum absolute atomic E-state index is 12.8. The zero-order chi connectivity index (χ0) is 21.0. The van der Waals surface area contributed by atoms with Gasteiger partial charge in [0.15, 0.2) is 0 Å². The number of nitrogens with one attached hydrogen (secondary N) is 2. The summed E-state index contributed by atoms with van der Waals surface area (Å²) < 4.78 is 28.2. The lowest BCUT2D eigenvalue weighted by Gasteiger charge is -2.13. The summed E-state index contributed by atoms with van der Waals surface area (Å²) in [7, 11) is -3.96. The molecule has 0 radical (unpaired) electrons. The van der Waals surface area contributed by atoms with E-state index in [0.29, 0.717) is 11.4 Å². The average Bonchev–Trinajstić information content (AvgIpc) is 2.68. The number of anilines is 2. The van der Waals surface area contributed by atoms with Crippen LogP contribution in [0.2, 0.25) is 5.02 Å². The number of aryl methyl sites for hydroxylation is 2. The molecule has 0 aliphatic carbocycles. The normalized spacial score (nSPS) is 11.1. The lowest BCUT2D eigenvalue weighted by atomic mass is 10.1.